The molecule has 1 atom stereocenters. The SMILES string of the molecule is CCSc1n[nH]c(-c2ccc(C(C)N3CCCC3)cc2)n1. The molecule has 1 aliphatic rings. The van der Waals surface area contributed by atoms with Gasteiger partial charge in [-0.1, -0.05) is 43.0 Å². The van der Waals surface area contributed by atoms with Gasteiger partial charge in [-0.25, -0.2) is 4.98 Å². The third-order valence-electron chi connectivity index (χ3n) is 4.09. The lowest BCUT2D eigenvalue weighted by Crippen LogP contribution is -2.23. The normalized spacial score (nSPS) is 17.2. The molecule has 0 radical (unpaired) electrons. The highest BCUT2D eigenvalue weighted by atomic mass is 32.2. The summed E-state index contributed by atoms with van der Waals surface area (Å²) in [6.45, 7) is 6.85. The molecular weight excluding hydrogens is 280 g/mol. The van der Waals surface area contributed by atoms with Crippen molar-refractivity contribution >= 4 is 11.8 Å². The number of hydrogen-bond donors (Lipinski definition) is 1. The van der Waals surface area contributed by atoms with Crippen molar-refractivity contribution in [3.05, 3.63) is 29.8 Å². The van der Waals surface area contributed by atoms with Crippen molar-refractivity contribution in [3.63, 3.8) is 0 Å². The first-order valence-corrected chi connectivity index (χ1v) is 8.66. The van der Waals surface area contributed by atoms with Gasteiger partial charge < -0.3 is 0 Å². The minimum Gasteiger partial charge on any atom is -0.297 e. The summed E-state index contributed by atoms with van der Waals surface area (Å²) in [7, 11) is 0. The molecule has 1 aliphatic heterocycles. The highest BCUT2D eigenvalue weighted by Gasteiger charge is 2.19. The Morgan fingerprint density at radius 1 is 1.24 bits per heavy atom. The van der Waals surface area contributed by atoms with Crippen LogP contribution in [0.5, 0.6) is 0 Å². The first kappa shape index (κ1) is 14.6. The average molecular weight is 302 g/mol. The number of hydrogen-bond acceptors (Lipinski definition) is 4. The summed E-state index contributed by atoms with van der Waals surface area (Å²) in [5.41, 5.74) is 2.48. The summed E-state index contributed by atoms with van der Waals surface area (Å²) in [6.07, 6.45) is 2.66. The Kier molecular flexibility index (Phi) is 4.60. The lowest BCUT2D eigenvalue weighted by Gasteiger charge is -2.24. The Balaban J connectivity index is 1.73. The first-order chi connectivity index (χ1) is 10.3. The molecule has 0 amide bonds. The van der Waals surface area contributed by atoms with Crippen molar-refractivity contribution in [2.75, 3.05) is 18.8 Å². The zero-order chi connectivity index (χ0) is 14.7. The Hall–Kier alpha value is -1.33. The van der Waals surface area contributed by atoms with Gasteiger partial charge in [-0.15, -0.1) is 5.10 Å². The van der Waals surface area contributed by atoms with Crippen LogP contribution in [-0.2, 0) is 0 Å². The zero-order valence-electron chi connectivity index (χ0n) is 12.7. The molecular formula is C16H22N4S. The second-order valence-corrected chi connectivity index (χ2v) is 6.67. The zero-order valence-corrected chi connectivity index (χ0v) is 13.5. The van der Waals surface area contributed by atoms with E-state index in [1.807, 2.05) is 0 Å². The van der Waals surface area contributed by atoms with Crippen LogP contribution in [0.25, 0.3) is 11.4 Å². The van der Waals surface area contributed by atoms with Gasteiger partial charge in [0.15, 0.2) is 5.82 Å². The Morgan fingerprint density at radius 2 is 1.95 bits per heavy atom. The number of aromatic nitrogens is 3. The van der Waals surface area contributed by atoms with Crippen LogP contribution in [0.1, 0.15) is 38.3 Å². The molecule has 21 heavy (non-hydrogen) atoms. The third-order valence-corrected chi connectivity index (χ3v) is 4.82. The monoisotopic (exact) mass is 302 g/mol. The summed E-state index contributed by atoms with van der Waals surface area (Å²) in [6, 6.07) is 9.22. The lowest BCUT2D eigenvalue weighted by molar-refractivity contribution is 0.263. The van der Waals surface area contributed by atoms with Crippen LogP contribution in [0.15, 0.2) is 29.4 Å². The topological polar surface area (TPSA) is 44.8 Å². The van der Waals surface area contributed by atoms with E-state index in [2.05, 4.69) is 58.2 Å². The predicted molar refractivity (Wildman–Crippen MR) is 87.4 cm³/mol. The third kappa shape index (κ3) is 3.30. The molecule has 1 unspecified atom stereocenters. The lowest BCUT2D eigenvalue weighted by atomic mass is 10.0. The van der Waals surface area contributed by atoms with Crippen molar-refractivity contribution in [1.29, 1.82) is 0 Å². The number of nitrogens with zero attached hydrogens (tertiary/aromatic N) is 3. The quantitative estimate of drug-likeness (QED) is 0.855. The molecule has 2 heterocycles. The Labute approximate surface area is 130 Å². The largest absolute Gasteiger partial charge is 0.297 e. The second kappa shape index (κ2) is 6.62. The molecule has 0 bridgehead atoms. The molecule has 0 spiro atoms. The van der Waals surface area contributed by atoms with Crippen molar-refractivity contribution < 1.29 is 0 Å². The van der Waals surface area contributed by atoms with Crippen LogP contribution in [-0.4, -0.2) is 38.9 Å². The standard InChI is InChI=1S/C16H22N4S/c1-3-21-16-17-15(18-19-16)14-8-6-13(7-9-14)12(2)20-10-4-5-11-20/h6-9,12H,3-5,10-11H2,1-2H3,(H,17,18,19). The minimum absolute atomic E-state index is 0.502. The van der Waals surface area contributed by atoms with E-state index < -0.39 is 0 Å². The van der Waals surface area contributed by atoms with Gasteiger partial charge in [-0.05, 0) is 44.2 Å². The fraction of sp³-hybridized carbons (Fsp3) is 0.500. The fourth-order valence-electron chi connectivity index (χ4n) is 2.83. The van der Waals surface area contributed by atoms with Crippen LogP contribution in [0.4, 0.5) is 0 Å². The predicted octanol–water partition coefficient (Wildman–Crippen LogP) is 3.74. The van der Waals surface area contributed by atoms with Gasteiger partial charge >= 0.3 is 0 Å². The molecule has 1 N–H and O–H groups in total. The van der Waals surface area contributed by atoms with E-state index in [1.54, 1.807) is 11.8 Å². The van der Waals surface area contributed by atoms with E-state index in [-0.39, 0.29) is 0 Å². The Bertz CT molecular complexity index is 572. The second-order valence-electron chi connectivity index (χ2n) is 5.44. The smallest absolute Gasteiger partial charge is 0.208 e. The summed E-state index contributed by atoms with van der Waals surface area (Å²) < 4.78 is 0. The molecule has 1 aromatic carbocycles. The van der Waals surface area contributed by atoms with Crippen molar-refractivity contribution in [2.45, 2.75) is 37.9 Å². The summed E-state index contributed by atoms with van der Waals surface area (Å²) >= 11 is 1.66. The number of aromatic amines is 1. The molecule has 5 heteroatoms. The van der Waals surface area contributed by atoms with Gasteiger partial charge in [-0.2, -0.15) is 0 Å². The van der Waals surface area contributed by atoms with E-state index in [4.69, 9.17) is 0 Å². The number of likely N-dealkylation sites (tertiary alicyclic amines) is 1. The molecule has 4 nitrogen and oxygen atoms in total. The maximum absolute atomic E-state index is 4.51. The van der Waals surface area contributed by atoms with E-state index >= 15 is 0 Å². The van der Waals surface area contributed by atoms with Gasteiger partial charge in [0.1, 0.15) is 0 Å². The maximum Gasteiger partial charge on any atom is 0.208 e. The highest BCUT2D eigenvalue weighted by Crippen LogP contribution is 2.26. The maximum atomic E-state index is 4.51. The van der Waals surface area contributed by atoms with Crippen LogP contribution in [0.3, 0.4) is 0 Å². The number of H-pyrrole nitrogens is 1. The molecule has 1 aromatic heterocycles. The van der Waals surface area contributed by atoms with E-state index in [9.17, 15) is 0 Å². The molecule has 0 saturated carbocycles. The van der Waals surface area contributed by atoms with Crippen LogP contribution in [0.2, 0.25) is 0 Å². The summed E-state index contributed by atoms with van der Waals surface area (Å²) in [4.78, 5) is 7.06. The minimum atomic E-state index is 0.502. The number of thioether (sulfide) groups is 1. The van der Waals surface area contributed by atoms with Gasteiger partial charge in [-0.3, -0.25) is 10.00 Å². The van der Waals surface area contributed by atoms with Crippen LogP contribution < -0.4 is 0 Å². The average Bonchev–Trinajstić information content (AvgIpc) is 3.19. The molecule has 2 aromatic rings. The van der Waals surface area contributed by atoms with Crippen molar-refractivity contribution in [3.8, 4) is 11.4 Å². The Morgan fingerprint density at radius 3 is 2.62 bits per heavy atom. The number of benzene rings is 1. The molecule has 1 fully saturated rings. The van der Waals surface area contributed by atoms with Gasteiger partial charge in [0.25, 0.3) is 0 Å². The van der Waals surface area contributed by atoms with Gasteiger partial charge in [0.05, 0.1) is 0 Å². The molecule has 0 aliphatic carbocycles. The first-order valence-electron chi connectivity index (χ1n) is 7.67. The number of rotatable bonds is 5. The fourth-order valence-corrected chi connectivity index (χ4v) is 3.35. The molecule has 3 rings (SSSR count). The van der Waals surface area contributed by atoms with Crippen LogP contribution in [0, 0.1) is 0 Å². The summed E-state index contributed by atoms with van der Waals surface area (Å²) in [5, 5.41) is 8.06. The highest BCUT2D eigenvalue weighted by molar-refractivity contribution is 7.99. The number of nitrogens with one attached hydrogen (secondary N) is 1. The van der Waals surface area contributed by atoms with Crippen LogP contribution >= 0.6 is 11.8 Å². The van der Waals surface area contributed by atoms with E-state index in [1.165, 1.54) is 31.5 Å². The van der Waals surface area contributed by atoms with Crippen molar-refractivity contribution in [2.24, 2.45) is 0 Å². The van der Waals surface area contributed by atoms with E-state index in [0.717, 1.165) is 22.3 Å². The molecule has 112 valence electrons. The summed E-state index contributed by atoms with van der Waals surface area (Å²) in [5.74, 6) is 1.84. The van der Waals surface area contributed by atoms with Gasteiger partial charge in [0, 0.05) is 11.6 Å². The molecule has 1 saturated heterocycles. The van der Waals surface area contributed by atoms with E-state index in [0.29, 0.717) is 6.04 Å². The van der Waals surface area contributed by atoms with Gasteiger partial charge in [0.2, 0.25) is 5.16 Å². The van der Waals surface area contributed by atoms with Crippen molar-refractivity contribution in [1.82, 2.24) is 20.1 Å².